The summed E-state index contributed by atoms with van der Waals surface area (Å²) in [5, 5.41) is 0.941. The standard InChI is InChI=1S/C13H13Cl2N5/c1-13-5-7(13)10(19-12(17)20-11(13)16)18-6-2-3-8(14)9(15)4-6/h2-4,7H,5H2,1H3,(H4,16,17,18,19,20). The molecule has 1 fully saturated rings. The van der Waals surface area contributed by atoms with Gasteiger partial charge in [0.2, 0.25) is 5.96 Å². The molecule has 0 aromatic heterocycles. The van der Waals surface area contributed by atoms with Crippen molar-refractivity contribution in [2.24, 2.45) is 37.8 Å². The maximum absolute atomic E-state index is 5.99. The molecule has 2 atom stereocenters. The first-order valence-corrected chi connectivity index (χ1v) is 6.88. The van der Waals surface area contributed by atoms with E-state index < -0.39 is 0 Å². The zero-order valence-electron chi connectivity index (χ0n) is 10.8. The highest BCUT2D eigenvalue weighted by Gasteiger charge is 2.57. The molecule has 1 aliphatic heterocycles. The summed E-state index contributed by atoms with van der Waals surface area (Å²) in [7, 11) is 0. The van der Waals surface area contributed by atoms with Crippen LogP contribution in [0.3, 0.4) is 0 Å². The molecule has 0 bridgehead atoms. The largest absolute Gasteiger partial charge is 0.387 e. The Balaban J connectivity index is 2.00. The van der Waals surface area contributed by atoms with Gasteiger partial charge in [0.1, 0.15) is 11.7 Å². The Labute approximate surface area is 126 Å². The predicted molar refractivity (Wildman–Crippen MR) is 83.0 cm³/mol. The number of fused-ring (bicyclic) bond motifs is 1. The molecule has 1 aromatic rings. The molecule has 0 amide bonds. The number of guanidine groups is 1. The third-order valence-corrected chi connectivity index (χ3v) is 4.48. The fourth-order valence-electron chi connectivity index (χ4n) is 2.29. The highest BCUT2D eigenvalue weighted by Crippen LogP contribution is 2.54. The zero-order chi connectivity index (χ0) is 14.5. The van der Waals surface area contributed by atoms with Crippen LogP contribution in [0.4, 0.5) is 5.69 Å². The molecule has 3 rings (SSSR count). The van der Waals surface area contributed by atoms with Gasteiger partial charge in [0.15, 0.2) is 0 Å². The summed E-state index contributed by atoms with van der Waals surface area (Å²) in [6.45, 7) is 2.04. The maximum atomic E-state index is 5.99. The van der Waals surface area contributed by atoms with Crippen molar-refractivity contribution in [1.82, 2.24) is 0 Å². The van der Waals surface area contributed by atoms with Crippen molar-refractivity contribution in [3.05, 3.63) is 28.2 Å². The molecule has 2 unspecified atom stereocenters. The number of benzene rings is 1. The van der Waals surface area contributed by atoms with Crippen molar-refractivity contribution in [3.63, 3.8) is 0 Å². The van der Waals surface area contributed by atoms with Crippen molar-refractivity contribution in [2.75, 3.05) is 0 Å². The molecule has 7 heteroatoms. The molecule has 0 saturated heterocycles. The fraction of sp³-hybridized carbons (Fsp3) is 0.308. The van der Waals surface area contributed by atoms with Crippen LogP contribution in [-0.4, -0.2) is 17.6 Å². The lowest BCUT2D eigenvalue weighted by molar-refractivity contribution is 0.756. The Morgan fingerprint density at radius 1 is 1.25 bits per heavy atom. The van der Waals surface area contributed by atoms with Gasteiger partial charge in [0, 0.05) is 11.3 Å². The van der Waals surface area contributed by atoms with Gasteiger partial charge in [-0.05, 0) is 24.6 Å². The average Bonchev–Trinajstić information content (AvgIpc) is 3.07. The summed E-state index contributed by atoms with van der Waals surface area (Å²) in [6, 6.07) is 5.17. The number of amidine groups is 2. The summed E-state index contributed by atoms with van der Waals surface area (Å²) >= 11 is 11.9. The van der Waals surface area contributed by atoms with Crippen LogP contribution in [-0.2, 0) is 0 Å². The monoisotopic (exact) mass is 309 g/mol. The second-order valence-corrected chi connectivity index (χ2v) is 6.02. The molecular formula is C13H13Cl2N5. The number of halogens is 2. The minimum atomic E-state index is -0.195. The molecular weight excluding hydrogens is 297 g/mol. The Morgan fingerprint density at radius 3 is 2.70 bits per heavy atom. The predicted octanol–water partition coefficient (Wildman–Crippen LogP) is 2.74. The molecule has 1 heterocycles. The average molecular weight is 310 g/mol. The van der Waals surface area contributed by atoms with Gasteiger partial charge in [-0.3, -0.25) is 0 Å². The number of aliphatic imine (C=N–C) groups is 3. The number of rotatable bonds is 1. The summed E-state index contributed by atoms with van der Waals surface area (Å²) in [5.74, 6) is 1.42. The van der Waals surface area contributed by atoms with Gasteiger partial charge >= 0.3 is 0 Å². The van der Waals surface area contributed by atoms with Crippen molar-refractivity contribution < 1.29 is 0 Å². The van der Waals surface area contributed by atoms with Gasteiger partial charge in [0.25, 0.3) is 0 Å². The Morgan fingerprint density at radius 2 is 2.00 bits per heavy atom. The van der Waals surface area contributed by atoms with Gasteiger partial charge in [-0.15, -0.1) is 0 Å². The highest BCUT2D eigenvalue weighted by molar-refractivity contribution is 6.42. The van der Waals surface area contributed by atoms with Crippen molar-refractivity contribution in [2.45, 2.75) is 13.3 Å². The van der Waals surface area contributed by atoms with Gasteiger partial charge in [0.05, 0.1) is 15.7 Å². The van der Waals surface area contributed by atoms with Crippen molar-refractivity contribution in [1.29, 1.82) is 0 Å². The Bertz CT molecular complexity index is 679. The van der Waals surface area contributed by atoms with E-state index in [0.717, 1.165) is 6.42 Å². The molecule has 1 saturated carbocycles. The fourth-order valence-corrected chi connectivity index (χ4v) is 2.58. The lowest BCUT2D eigenvalue weighted by Gasteiger charge is -2.07. The van der Waals surface area contributed by atoms with Crippen LogP contribution < -0.4 is 11.5 Å². The first-order valence-electron chi connectivity index (χ1n) is 6.12. The first-order chi connectivity index (χ1) is 9.40. The SMILES string of the molecule is CC12CC1C(=Nc1ccc(Cl)c(Cl)c1)N=C(N)N=C2N. The normalized spacial score (nSPS) is 30.4. The molecule has 2 aliphatic rings. The number of nitrogens with zero attached hydrogens (tertiary/aromatic N) is 3. The van der Waals surface area contributed by atoms with Gasteiger partial charge < -0.3 is 11.5 Å². The first kappa shape index (κ1) is 13.4. The molecule has 0 radical (unpaired) electrons. The van der Waals surface area contributed by atoms with E-state index in [1.807, 2.05) is 6.92 Å². The molecule has 20 heavy (non-hydrogen) atoms. The minimum absolute atomic E-state index is 0.134. The van der Waals surface area contributed by atoms with E-state index in [0.29, 0.717) is 27.4 Å². The van der Waals surface area contributed by atoms with Gasteiger partial charge in [-0.1, -0.05) is 30.1 Å². The van der Waals surface area contributed by atoms with E-state index in [1.54, 1.807) is 18.2 Å². The number of hydrogen-bond donors (Lipinski definition) is 2. The second-order valence-electron chi connectivity index (χ2n) is 5.21. The quantitative estimate of drug-likeness (QED) is 0.835. The van der Waals surface area contributed by atoms with E-state index in [1.165, 1.54) is 0 Å². The van der Waals surface area contributed by atoms with E-state index in [2.05, 4.69) is 15.0 Å². The Hall–Kier alpha value is -1.59. The van der Waals surface area contributed by atoms with Crippen LogP contribution >= 0.6 is 23.2 Å². The number of nitrogens with two attached hydrogens (primary N) is 2. The molecule has 5 nitrogen and oxygen atoms in total. The van der Waals surface area contributed by atoms with E-state index in [9.17, 15) is 0 Å². The molecule has 1 aromatic carbocycles. The topological polar surface area (TPSA) is 89.1 Å². The van der Waals surface area contributed by atoms with E-state index in [4.69, 9.17) is 34.7 Å². The lowest BCUT2D eigenvalue weighted by Crippen LogP contribution is -2.26. The minimum Gasteiger partial charge on any atom is -0.387 e. The van der Waals surface area contributed by atoms with Crippen LogP contribution in [0.5, 0.6) is 0 Å². The van der Waals surface area contributed by atoms with E-state index >= 15 is 0 Å². The third-order valence-electron chi connectivity index (χ3n) is 3.74. The van der Waals surface area contributed by atoms with Crippen LogP contribution in [0.25, 0.3) is 0 Å². The summed E-state index contributed by atoms with van der Waals surface area (Å²) in [4.78, 5) is 12.8. The zero-order valence-corrected chi connectivity index (χ0v) is 12.3. The highest BCUT2D eigenvalue weighted by atomic mass is 35.5. The van der Waals surface area contributed by atoms with Gasteiger partial charge in [-0.2, -0.15) is 4.99 Å². The third kappa shape index (κ3) is 2.17. The maximum Gasteiger partial charge on any atom is 0.223 e. The summed E-state index contributed by atoms with van der Waals surface area (Å²) in [5.41, 5.74) is 12.1. The second kappa shape index (κ2) is 4.46. The smallest absolute Gasteiger partial charge is 0.223 e. The number of hydrogen-bond acceptors (Lipinski definition) is 4. The summed E-state index contributed by atoms with van der Waals surface area (Å²) < 4.78 is 0. The molecule has 0 spiro atoms. The van der Waals surface area contributed by atoms with Crippen molar-refractivity contribution >= 4 is 46.5 Å². The van der Waals surface area contributed by atoms with Crippen molar-refractivity contribution in [3.8, 4) is 0 Å². The lowest BCUT2D eigenvalue weighted by atomic mass is 10.1. The Kier molecular flexibility index (Phi) is 2.99. The summed E-state index contributed by atoms with van der Waals surface area (Å²) in [6.07, 6.45) is 0.874. The molecule has 104 valence electrons. The molecule has 4 N–H and O–H groups in total. The van der Waals surface area contributed by atoms with Crippen LogP contribution in [0.2, 0.25) is 10.0 Å². The van der Waals surface area contributed by atoms with E-state index in [-0.39, 0.29) is 17.3 Å². The molecule has 1 aliphatic carbocycles. The van der Waals surface area contributed by atoms with Crippen LogP contribution in [0, 0.1) is 11.3 Å². The van der Waals surface area contributed by atoms with Gasteiger partial charge in [-0.25, -0.2) is 9.98 Å². The van der Waals surface area contributed by atoms with Crippen LogP contribution in [0.1, 0.15) is 13.3 Å². The van der Waals surface area contributed by atoms with Crippen LogP contribution in [0.15, 0.2) is 33.2 Å².